The Morgan fingerprint density at radius 3 is 2.33 bits per heavy atom. The van der Waals surface area contributed by atoms with Gasteiger partial charge in [0.25, 0.3) is 0 Å². The third kappa shape index (κ3) is 6.44. The molecule has 0 saturated carbocycles. The van der Waals surface area contributed by atoms with E-state index in [4.69, 9.17) is 14.2 Å². The van der Waals surface area contributed by atoms with E-state index in [0.717, 1.165) is 16.9 Å². The lowest BCUT2D eigenvalue weighted by Crippen LogP contribution is -2.38. The molecule has 0 heterocycles. The summed E-state index contributed by atoms with van der Waals surface area (Å²) in [5.41, 5.74) is 2.16. The minimum Gasteiger partial charge on any atom is -0.490 e. The fourth-order valence-corrected chi connectivity index (χ4v) is 2.07. The number of para-hydroxylation sites is 1. The average Bonchev–Trinajstić information content (AvgIpc) is 2.45. The zero-order valence-corrected chi connectivity index (χ0v) is 13.4. The fourth-order valence-electron chi connectivity index (χ4n) is 2.07. The maximum atomic E-state index is 9.95. The first-order chi connectivity index (χ1) is 10.1. The molecule has 0 fully saturated rings. The molecule has 0 aliphatic carbocycles. The van der Waals surface area contributed by atoms with Gasteiger partial charge in [0.2, 0.25) is 0 Å². The summed E-state index contributed by atoms with van der Waals surface area (Å²) >= 11 is 0. The van der Waals surface area contributed by atoms with E-state index in [-0.39, 0.29) is 12.7 Å². The fraction of sp³-hybridized carbons (Fsp3) is 0.625. The summed E-state index contributed by atoms with van der Waals surface area (Å²) in [7, 11) is 3.28. The van der Waals surface area contributed by atoms with Crippen LogP contribution in [0.1, 0.15) is 11.1 Å². The number of rotatable bonds is 10. The van der Waals surface area contributed by atoms with Crippen molar-refractivity contribution in [1.29, 1.82) is 0 Å². The van der Waals surface area contributed by atoms with Crippen molar-refractivity contribution in [3.8, 4) is 5.75 Å². The number of hydrogen-bond donors (Lipinski definition) is 2. The average molecular weight is 297 g/mol. The Kier molecular flexibility index (Phi) is 8.30. The lowest BCUT2D eigenvalue weighted by atomic mass is 10.1. The van der Waals surface area contributed by atoms with Crippen LogP contribution < -0.4 is 10.1 Å². The highest BCUT2D eigenvalue weighted by atomic mass is 16.5. The van der Waals surface area contributed by atoms with Crippen LogP contribution >= 0.6 is 0 Å². The molecule has 0 bridgehead atoms. The van der Waals surface area contributed by atoms with Gasteiger partial charge in [0, 0.05) is 27.3 Å². The van der Waals surface area contributed by atoms with Crippen LogP contribution in [0.3, 0.4) is 0 Å². The molecule has 0 aromatic heterocycles. The van der Waals surface area contributed by atoms with Gasteiger partial charge in [-0.25, -0.2) is 0 Å². The third-order valence-electron chi connectivity index (χ3n) is 3.27. The number of aliphatic hydroxyl groups is 1. The van der Waals surface area contributed by atoms with Crippen molar-refractivity contribution in [1.82, 2.24) is 5.32 Å². The lowest BCUT2D eigenvalue weighted by molar-refractivity contribution is 0.0256. The lowest BCUT2D eigenvalue weighted by Gasteiger charge is -2.18. The predicted molar refractivity (Wildman–Crippen MR) is 83.0 cm³/mol. The van der Waals surface area contributed by atoms with Gasteiger partial charge >= 0.3 is 0 Å². The van der Waals surface area contributed by atoms with Gasteiger partial charge < -0.3 is 24.6 Å². The number of aryl methyl sites for hydroxylation is 2. The van der Waals surface area contributed by atoms with E-state index >= 15 is 0 Å². The Balaban J connectivity index is 2.29. The van der Waals surface area contributed by atoms with Crippen molar-refractivity contribution in [2.75, 3.05) is 40.5 Å². The summed E-state index contributed by atoms with van der Waals surface area (Å²) in [6.07, 6.45) is -0.578. The number of hydrogen-bond acceptors (Lipinski definition) is 5. The van der Waals surface area contributed by atoms with Crippen molar-refractivity contribution in [2.24, 2.45) is 0 Å². The van der Waals surface area contributed by atoms with Gasteiger partial charge in [0.05, 0.1) is 12.7 Å². The predicted octanol–water partition coefficient (Wildman–Crippen LogP) is 1.29. The van der Waals surface area contributed by atoms with E-state index in [1.54, 1.807) is 14.2 Å². The molecule has 0 aliphatic heterocycles. The quantitative estimate of drug-likeness (QED) is 0.681. The second-order valence-electron chi connectivity index (χ2n) is 5.16. The van der Waals surface area contributed by atoms with E-state index in [1.165, 1.54) is 0 Å². The minimum absolute atomic E-state index is 0.0123. The number of benzene rings is 1. The molecule has 0 radical (unpaired) electrons. The molecule has 1 aromatic carbocycles. The molecule has 5 heteroatoms. The molecule has 1 rings (SSSR count). The first kappa shape index (κ1) is 17.9. The molecule has 2 N–H and O–H groups in total. The summed E-state index contributed by atoms with van der Waals surface area (Å²) < 4.78 is 16.0. The van der Waals surface area contributed by atoms with E-state index in [1.807, 2.05) is 32.0 Å². The normalized spacial score (nSPS) is 14.0. The highest BCUT2D eigenvalue weighted by Crippen LogP contribution is 2.22. The Hall–Kier alpha value is -1.14. The molecule has 0 amide bonds. The van der Waals surface area contributed by atoms with E-state index in [0.29, 0.717) is 19.7 Å². The van der Waals surface area contributed by atoms with Crippen molar-refractivity contribution in [2.45, 2.75) is 26.1 Å². The second-order valence-corrected chi connectivity index (χ2v) is 5.16. The molecule has 120 valence electrons. The van der Waals surface area contributed by atoms with Crippen LogP contribution in [0, 0.1) is 13.8 Å². The van der Waals surface area contributed by atoms with Crippen LogP contribution in [0.4, 0.5) is 0 Å². The Bertz CT molecular complexity index is 391. The van der Waals surface area contributed by atoms with Gasteiger partial charge in [-0.15, -0.1) is 0 Å². The standard InChI is InChI=1S/C16H27NO4/c1-12-6-5-7-13(2)16(12)21-10-14(18)8-17-9-15(20-4)11-19-3/h5-7,14-15,17-18H,8-11H2,1-4H3. The highest BCUT2D eigenvalue weighted by Gasteiger charge is 2.10. The maximum Gasteiger partial charge on any atom is 0.125 e. The Labute approximate surface area is 127 Å². The topological polar surface area (TPSA) is 60.0 Å². The molecular formula is C16H27NO4. The summed E-state index contributed by atoms with van der Waals surface area (Å²) in [5, 5.41) is 13.1. The molecule has 21 heavy (non-hydrogen) atoms. The highest BCUT2D eigenvalue weighted by molar-refractivity contribution is 5.39. The zero-order valence-electron chi connectivity index (χ0n) is 13.4. The van der Waals surface area contributed by atoms with Gasteiger partial charge in [0.1, 0.15) is 18.5 Å². The third-order valence-corrected chi connectivity index (χ3v) is 3.27. The van der Waals surface area contributed by atoms with Gasteiger partial charge in [0.15, 0.2) is 0 Å². The number of ether oxygens (including phenoxy) is 3. The van der Waals surface area contributed by atoms with Gasteiger partial charge in [-0.3, -0.25) is 0 Å². The summed E-state index contributed by atoms with van der Waals surface area (Å²) in [6, 6.07) is 6.00. The Morgan fingerprint density at radius 2 is 1.76 bits per heavy atom. The molecule has 5 nitrogen and oxygen atoms in total. The molecule has 1 aromatic rings. The SMILES string of the molecule is COCC(CNCC(O)COc1c(C)cccc1C)OC. The first-order valence-corrected chi connectivity index (χ1v) is 7.18. The molecule has 0 spiro atoms. The second kappa shape index (κ2) is 9.73. The summed E-state index contributed by atoms with van der Waals surface area (Å²) in [4.78, 5) is 0. The molecule has 0 aliphatic rings. The molecular weight excluding hydrogens is 270 g/mol. The van der Waals surface area contributed by atoms with Crippen LogP contribution in [0.15, 0.2) is 18.2 Å². The van der Waals surface area contributed by atoms with Crippen molar-refractivity contribution < 1.29 is 19.3 Å². The van der Waals surface area contributed by atoms with E-state index in [2.05, 4.69) is 5.32 Å². The van der Waals surface area contributed by atoms with Crippen LogP contribution in [0.5, 0.6) is 5.75 Å². The van der Waals surface area contributed by atoms with Crippen LogP contribution in [-0.4, -0.2) is 57.8 Å². The largest absolute Gasteiger partial charge is 0.490 e. The van der Waals surface area contributed by atoms with Crippen LogP contribution in [0.2, 0.25) is 0 Å². The smallest absolute Gasteiger partial charge is 0.125 e. The Morgan fingerprint density at radius 1 is 1.10 bits per heavy atom. The molecule has 0 saturated heterocycles. The first-order valence-electron chi connectivity index (χ1n) is 7.18. The van der Waals surface area contributed by atoms with Gasteiger partial charge in [-0.1, -0.05) is 18.2 Å². The molecule has 2 atom stereocenters. The number of nitrogens with one attached hydrogen (secondary N) is 1. The number of aliphatic hydroxyl groups excluding tert-OH is 1. The minimum atomic E-state index is -0.566. The van der Waals surface area contributed by atoms with Crippen molar-refractivity contribution in [3.05, 3.63) is 29.3 Å². The summed E-state index contributed by atoms with van der Waals surface area (Å²) in [5.74, 6) is 0.853. The van der Waals surface area contributed by atoms with E-state index < -0.39 is 6.10 Å². The monoisotopic (exact) mass is 297 g/mol. The van der Waals surface area contributed by atoms with Crippen LogP contribution in [0.25, 0.3) is 0 Å². The van der Waals surface area contributed by atoms with Crippen molar-refractivity contribution >= 4 is 0 Å². The summed E-state index contributed by atoms with van der Waals surface area (Å²) in [6.45, 7) is 5.88. The molecule has 2 unspecified atom stereocenters. The zero-order chi connectivity index (χ0) is 15.7. The van der Waals surface area contributed by atoms with Crippen molar-refractivity contribution in [3.63, 3.8) is 0 Å². The van der Waals surface area contributed by atoms with E-state index in [9.17, 15) is 5.11 Å². The van der Waals surface area contributed by atoms with Gasteiger partial charge in [-0.2, -0.15) is 0 Å². The maximum absolute atomic E-state index is 9.95. The van der Waals surface area contributed by atoms with Gasteiger partial charge in [-0.05, 0) is 25.0 Å². The van der Waals surface area contributed by atoms with Crippen LogP contribution in [-0.2, 0) is 9.47 Å². The number of methoxy groups -OCH3 is 2.